The van der Waals surface area contributed by atoms with Crippen LogP contribution in [-0.4, -0.2) is 22.8 Å². The van der Waals surface area contributed by atoms with Gasteiger partial charge in [-0.3, -0.25) is 10.1 Å². The molecule has 9 heteroatoms. The van der Waals surface area contributed by atoms with Crippen molar-refractivity contribution in [3.8, 4) is 11.5 Å². The lowest BCUT2D eigenvalue weighted by Crippen LogP contribution is -2.33. The summed E-state index contributed by atoms with van der Waals surface area (Å²) < 4.78 is 11.5. The van der Waals surface area contributed by atoms with Crippen LogP contribution < -0.4 is 9.47 Å². The highest BCUT2D eigenvalue weighted by molar-refractivity contribution is 6.32. The zero-order valence-electron chi connectivity index (χ0n) is 16.9. The fourth-order valence-electron chi connectivity index (χ4n) is 4.06. The average molecular weight is 470 g/mol. The third-order valence-electron chi connectivity index (χ3n) is 5.63. The molecule has 32 heavy (non-hydrogen) atoms. The minimum atomic E-state index is -0.652. The summed E-state index contributed by atoms with van der Waals surface area (Å²) in [5.74, 6) is 1.43. The van der Waals surface area contributed by atoms with E-state index in [0.717, 1.165) is 22.6 Å². The van der Waals surface area contributed by atoms with E-state index < -0.39 is 11.2 Å². The van der Waals surface area contributed by atoms with Crippen LogP contribution in [0.15, 0.2) is 65.8 Å². The summed E-state index contributed by atoms with van der Waals surface area (Å²) in [4.78, 5) is 10.9. The molecule has 162 valence electrons. The number of methoxy groups -OCH3 is 1. The summed E-state index contributed by atoms with van der Waals surface area (Å²) in [7, 11) is 1.62. The molecule has 2 atom stereocenters. The van der Waals surface area contributed by atoms with Gasteiger partial charge in [0, 0.05) is 28.6 Å². The quantitative estimate of drug-likeness (QED) is 0.338. The fourth-order valence-corrected chi connectivity index (χ4v) is 4.43. The standard InChI is InChI=1S/C23H17Cl2N3O4/c1-31-16-6-2-13(3-7-16)19-12-20-17-11-15(24)5-9-22(17)32-23(27(20)26-19)14-4-8-18(25)21(10-14)28(29)30/h2-11,20,23H,12H2,1H3/t20-,23+/m1/s1. The number of nitrogens with zero attached hydrogens (tertiary/aromatic N) is 3. The molecular weight excluding hydrogens is 453 g/mol. The third-order valence-corrected chi connectivity index (χ3v) is 6.18. The minimum Gasteiger partial charge on any atom is -0.497 e. The first kappa shape index (κ1) is 20.6. The zero-order valence-corrected chi connectivity index (χ0v) is 18.4. The summed E-state index contributed by atoms with van der Waals surface area (Å²) in [6.45, 7) is 0. The Morgan fingerprint density at radius 2 is 1.91 bits per heavy atom. The monoisotopic (exact) mass is 469 g/mol. The van der Waals surface area contributed by atoms with Crippen LogP contribution in [0.25, 0.3) is 0 Å². The largest absolute Gasteiger partial charge is 0.497 e. The van der Waals surface area contributed by atoms with Gasteiger partial charge >= 0.3 is 0 Å². The van der Waals surface area contributed by atoms with Crippen LogP contribution in [0.1, 0.15) is 35.4 Å². The molecule has 2 aliphatic rings. The predicted molar refractivity (Wildman–Crippen MR) is 122 cm³/mol. The van der Waals surface area contributed by atoms with Gasteiger partial charge in [0.25, 0.3) is 5.69 Å². The Morgan fingerprint density at radius 1 is 1.12 bits per heavy atom. The van der Waals surface area contributed by atoms with Gasteiger partial charge in [-0.15, -0.1) is 0 Å². The van der Waals surface area contributed by atoms with Crippen LogP contribution in [-0.2, 0) is 0 Å². The minimum absolute atomic E-state index is 0.0714. The molecule has 0 amide bonds. The van der Waals surface area contributed by atoms with Crippen molar-refractivity contribution in [2.75, 3.05) is 7.11 Å². The molecule has 2 aliphatic heterocycles. The van der Waals surface area contributed by atoms with Crippen LogP contribution in [0.3, 0.4) is 0 Å². The summed E-state index contributed by atoms with van der Waals surface area (Å²) in [6, 6.07) is 17.7. The number of hydrogen-bond donors (Lipinski definition) is 0. The van der Waals surface area contributed by atoms with Gasteiger partial charge in [-0.1, -0.05) is 29.3 Å². The van der Waals surface area contributed by atoms with E-state index in [1.54, 1.807) is 19.2 Å². The molecule has 3 aromatic carbocycles. The van der Waals surface area contributed by atoms with Crippen molar-refractivity contribution in [1.29, 1.82) is 0 Å². The van der Waals surface area contributed by atoms with Gasteiger partial charge in [0.15, 0.2) is 0 Å². The van der Waals surface area contributed by atoms with Gasteiger partial charge in [-0.25, -0.2) is 5.01 Å². The first-order valence-electron chi connectivity index (χ1n) is 9.85. The fraction of sp³-hybridized carbons (Fsp3) is 0.174. The van der Waals surface area contributed by atoms with E-state index in [9.17, 15) is 10.1 Å². The molecule has 0 aromatic heterocycles. The van der Waals surface area contributed by atoms with Gasteiger partial charge in [0.05, 0.1) is 23.8 Å². The van der Waals surface area contributed by atoms with Gasteiger partial charge in [-0.2, -0.15) is 5.10 Å². The number of hydrogen-bond acceptors (Lipinski definition) is 6. The van der Waals surface area contributed by atoms with Crippen molar-refractivity contribution in [3.05, 3.63) is 97.5 Å². The van der Waals surface area contributed by atoms with Crippen molar-refractivity contribution in [2.45, 2.75) is 18.7 Å². The summed E-state index contributed by atoms with van der Waals surface area (Å²) in [6.07, 6.45) is -0.0183. The molecule has 0 saturated carbocycles. The van der Waals surface area contributed by atoms with E-state index in [1.807, 2.05) is 41.4 Å². The highest BCUT2D eigenvalue weighted by atomic mass is 35.5. The van der Waals surface area contributed by atoms with Crippen LogP contribution >= 0.6 is 23.2 Å². The maximum absolute atomic E-state index is 11.4. The number of hydrazone groups is 1. The van der Waals surface area contributed by atoms with Crippen molar-refractivity contribution >= 4 is 34.6 Å². The maximum Gasteiger partial charge on any atom is 0.288 e. The van der Waals surface area contributed by atoms with E-state index in [0.29, 0.717) is 22.8 Å². The highest BCUT2D eigenvalue weighted by Gasteiger charge is 2.41. The smallest absolute Gasteiger partial charge is 0.288 e. The average Bonchev–Trinajstić information content (AvgIpc) is 3.25. The van der Waals surface area contributed by atoms with Gasteiger partial charge < -0.3 is 9.47 Å². The lowest BCUT2D eigenvalue weighted by molar-refractivity contribution is -0.384. The second kappa shape index (κ2) is 8.00. The zero-order chi connectivity index (χ0) is 22.4. The molecule has 0 N–H and O–H groups in total. The van der Waals surface area contributed by atoms with Crippen molar-refractivity contribution in [1.82, 2.24) is 5.01 Å². The number of benzene rings is 3. The Labute approximate surface area is 193 Å². The normalized spacial score (nSPS) is 19.0. The van der Waals surface area contributed by atoms with E-state index in [-0.39, 0.29) is 16.8 Å². The second-order valence-electron chi connectivity index (χ2n) is 7.50. The Balaban J connectivity index is 1.59. The molecule has 0 saturated heterocycles. The molecule has 7 nitrogen and oxygen atoms in total. The molecule has 0 unspecified atom stereocenters. The van der Waals surface area contributed by atoms with Crippen LogP contribution in [0, 0.1) is 10.1 Å². The Hall–Kier alpha value is -3.29. The molecule has 0 radical (unpaired) electrons. The SMILES string of the molecule is COc1ccc(C2=NN3[C@H](C2)c2cc(Cl)ccc2O[C@H]3c2ccc(Cl)c([N+](=O)[O-])c2)cc1. The second-order valence-corrected chi connectivity index (χ2v) is 8.34. The lowest BCUT2D eigenvalue weighted by atomic mass is 9.96. The first-order chi connectivity index (χ1) is 15.4. The molecular formula is C23H17Cl2N3O4. The van der Waals surface area contributed by atoms with E-state index >= 15 is 0 Å². The Kier molecular flexibility index (Phi) is 5.15. The molecule has 0 spiro atoms. The lowest BCUT2D eigenvalue weighted by Gasteiger charge is -2.38. The Bertz CT molecular complexity index is 1250. The number of nitro benzene ring substituents is 1. The summed E-state index contributed by atoms with van der Waals surface area (Å²) in [5.41, 5.74) is 3.17. The number of rotatable bonds is 4. The molecule has 0 bridgehead atoms. The topological polar surface area (TPSA) is 77.2 Å². The number of nitro groups is 1. The maximum atomic E-state index is 11.4. The molecule has 3 aromatic rings. The first-order valence-corrected chi connectivity index (χ1v) is 10.6. The molecule has 5 rings (SSSR count). The van der Waals surface area contributed by atoms with Gasteiger partial charge in [0.2, 0.25) is 6.23 Å². The van der Waals surface area contributed by atoms with E-state index in [1.165, 1.54) is 12.1 Å². The molecule has 2 heterocycles. The van der Waals surface area contributed by atoms with Crippen LogP contribution in [0.4, 0.5) is 5.69 Å². The number of ether oxygens (including phenoxy) is 2. The van der Waals surface area contributed by atoms with Gasteiger partial charge in [-0.05, 0) is 54.1 Å². The van der Waals surface area contributed by atoms with Crippen molar-refractivity contribution in [2.24, 2.45) is 5.10 Å². The number of halogens is 2. The van der Waals surface area contributed by atoms with Crippen LogP contribution in [0.2, 0.25) is 10.0 Å². The summed E-state index contributed by atoms with van der Waals surface area (Å²) >= 11 is 12.3. The third kappa shape index (κ3) is 3.53. The predicted octanol–water partition coefficient (Wildman–Crippen LogP) is 6.15. The summed E-state index contributed by atoms with van der Waals surface area (Å²) in [5, 5.41) is 18.8. The van der Waals surface area contributed by atoms with E-state index in [4.69, 9.17) is 37.8 Å². The molecule has 0 fully saturated rings. The molecule has 0 aliphatic carbocycles. The van der Waals surface area contributed by atoms with Crippen molar-refractivity contribution in [3.63, 3.8) is 0 Å². The Morgan fingerprint density at radius 3 is 2.62 bits per heavy atom. The highest BCUT2D eigenvalue weighted by Crippen LogP contribution is 2.48. The van der Waals surface area contributed by atoms with Crippen LogP contribution in [0.5, 0.6) is 11.5 Å². The van der Waals surface area contributed by atoms with E-state index in [2.05, 4.69) is 0 Å². The number of fused-ring (bicyclic) bond motifs is 3. The van der Waals surface area contributed by atoms with Gasteiger partial charge in [0.1, 0.15) is 16.5 Å². The van der Waals surface area contributed by atoms with Crippen molar-refractivity contribution < 1.29 is 14.4 Å².